The molecule has 0 radical (unpaired) electrons. The molecule has 0 bridgehead atoms. The molecule has 1 aromatic heterocycles. The van der Waals surface area contributed by atoms with E-state index in [0.29, 0.717) is 6.04 Å². The van der Waals surface area contributed by atoms with E-state index >= 15 is 0 Å². The van der Waals surface area contributed by atoms with Crippen LogP contribution in [0.4, 0.5) is 0 Å². The van der Waals surface area contributed by atoms with Gasteiger partial charge in [-0.1, -0.05) is 13.3 Å². The average molecular weight is 218 g/mol. The molecule has 2 nitrogen and oxygen atoms in total. The maximum Gasteiger partial charge on any atom is 0.0270 e. The van der Waals surface area contributed by atoms with Crippen molar-refractivity contribution in [3.05, 3.63) is 30.1 Å². The predicted molar refractivity (Wildman–Crippen MR) is 67.3 cm³/mol. The minimum absolute atomic E-state index is 0.632. The molecule has 3 unspecified atom stereocenters. The van der Waals surface area contributed by atoms with Crippen LogP contribution >= 0.6 is 0 Å². The number of likely N-dealkylation sites (N-methyl/N-ethyl adjacent to an activating group) is 1. The smallest absolute Gasteiger partial charge is 0.0270 e. The van der Waals surface area contributed by atoms with Crippen LogP contribution in [0.15, 0.2) is 24.5 Å². The molecule has 1 aromatic rings. The summed E-state index contributed by atoms with van der Waals surface area (Å²) >= 11 is 0. The van der Waals surface area contributed by atoms with Crippen LogP contribution in [0.1, 0.15) is 31.7 Å². The number of pyridine rings is 1. The number of nitrogens with one attached hydrogen (secondary N) is 1. The fourth-order valence-electron chi connectivity index (χ4n) is 2.89. The van der Waals surface area contributed by atoms with E-state index < -0.39 is 0 Å². The lowest BCUT2D eigenvalue weighted by Crippen LogP contribution is -2.34. The van der Waals surface area contributed by atoms with E-state index in [2.05, 4.69) is 36.4 Å². The summed E-state index contributed by atoms with van der Waals surface area (Å²) in [5, 5.41) is 3.49. The van der Waals surface area contributed by atoms with Gasteiger partial charge < -0.3 is 5.32 Å². The van der Waals surface area contributed by atoms with Crippen molar-refractivity contribution < 1.29 is 0 Å². The van der Waals surface area contributed by atoms with Gasteiger partial charge in [0.1, 0.15) is 0 Å². The van der Waals surface area contributed by atoms with Crippen molar-refractivity contribution >= 4 is 0 Å². The Balaban J connectivity index is 1.96. The minimum atomic E-state index is 0.632. The molecule has 0 spiro atoms. The van der Waals surface area contributed by atoms with E-state index in [1.807, 2.05) is 12.4 Å². The zero-order valence-corrected chi connectivity index (χ0v) is 10.3. The fraction of sp³-hybridized carbons (Fsp3) is 0.643. The summed E-state index contributed by atoms with van der Waals surface area (Å²) in [5.41, 5.74) is 1.40. The maximum absolute atomic E-state index is 4.07. The summed E-state index contributed by atoms with van der Waals surface area (Å²) < 4.78 is 0. The van der Waals surface area contributed by atoms with E-state index in [1.54, 1.807) is 0 Å². The molecule has 3 atom stereocenters. The van der Waals surface area contributed by atoms with Crippen LogP contribution < -0.4 is 5.32 Å². The van der Waals surface area contributed by atoms with Crippen LogP contribution in [-0.4, -0.2) is 18.1 Å². The first-order chi connectivity index (χ1) is 7.79. The molecule has 1 aliphatic rings. The third-order valence-corrected chi connectivity index (χ3v) is 3.88. The van der Waals surface area contributed by atoms with Gasteiger partial charge >= 0.3 is 0 Å². The Kier molecular flexibility index (Phi) is 3.94. The van der Waals surface area contributed by atoms with Gasteiger partial charge in [0, 0.05) is 18.4 Å². The van der Waals surface area contributed by atoms with E-state index in [0.717, 1.165) is 18.3 Å². The van der Waals surface area contributed by atoms with E-state index in [9.17, 15) is 0 Å². The zero-order chi connectivity index (χ0) is 11.4. The Bertz CT molecular complexity index is 310. The van der Waals surface area contributed by atoms with Gasteiger partial charge in [0.25, 0.3) is 0 Å². The molecular weight excluding hydrogens is 196 g/mol. The molecule has 16 heavy (non-hydrogen) atoms. The van der Waals surface area contributed by atoms with E-state index in [4.69, 9.17) is 0 Å². The maximum atomic E-state index is 4.07. The third-order valence-electron chi connectivity index (χ3n) is 3.88. The largest absolute Gasteiger partial charge is 0.316 e. The van der Waals surface area contributed by atoms with Gasteiger partial charge in [0.15, 0.2) is 0 Å². The number of hydrogen-bond acceptors (Lipinski definition) is 2. The molecule has 1 fully saturated rings. The SMILES string of the molecule is CNC(Cc1ccncc1)C1CCC(C)C1. The van der Waals surface area contributed by atoms with Gasteiger partial charge in [-0.15, -0.1) is 0 Å². The summed E-state index contributed by atoms with van der Waals surface area (Å²) in [5.74, 6) is 1.77. The Morgan fingerprint density at radius 1 is 1.38 bits per heavy atom. The Labute approximate surface area is 98.5 Å². The first-order valence-corrected chi connectivity index (χ1v) is 6.35. The van der Waals surface area contributed by atoms with Crippen LogP contribution in [0.5, 0.6) is 0 Å². The molecule has 0 amide bonds. The van der Waals surface area contributed by atoms with Gasteiger partial charge in [0.2, 0.25) is 0 Å². The van der Waals surface area contributed by atoms with Crippen molar-refractivity contribution in [1.82, 2.24) is 10.3 Å². The highest BCUT2D eigenvalue weighted by atomic mass is 14.9. The lowest BCUT2D eigenvalue weighted by atomic mass is 9.92. The molecule has 1 N–H and O–H groups in total. The molecule has 88 valence electrons. The second-order valence-corrected chi connectivity index (χ2v) is 5.13. The van der Waals surface area contributed by atoms with Gasteiger partial charge in [0.05, 0.1) is 0 Å². The number of rotatable bonds is 4. The van der Waals surface area contributed by atoms with Crippen LogP contribution in [-0.2, 0) is 6.42 Å². The van der Waals surface area contributed by atoms with Crippen molar-refractivity contribution in [2.24, 2.45) is 11.8 Å². The topological polar surface area (TPSA) is 24.9 Å². The van der Waals surface area contributed by atoms with Crippen LogP contribution in [0.2, 0.25) is 0 Å². The van der Waals surface area contributed by atoms with Crippen LogP contribution in [0.3, 0.4) is 0 Å². The highest BCUT2D eigenvalue weighted by Crippen LogP contribution is 2.33. The molecule has 0 aromatic carbocycles. The molecule has 0 saturated heterocycles. The highest BCUT2D eigenvalue weighted by Gasteiger charge is 2.27. The zero-order valence-electron chi connectivity index (χ0n) is 10.3. The summed E-state index contributed by atoms with van der Waals surface area (Å²) in [6.07, 6.45) is 9.09. The van der Waals surface area contributed by atoms with Gasteiger partial charge in [-0.3, -0.25) is 4.98 Å². The van der Waals surface area contributed by atoms with E-state index in [1.165, 1.54) is 24.8 Å². The minimum Gasteiger partial charge on any atom is -0.316 e. The van der Waals surface area contributed by atoms with E-state index in [-0.39, 0.29) is 0 Å². The monoisotopic (exact) mass is 218 g/mol. The third kappa shape index (κ3) is 2.82. The van der Waals surface area contributed by atoms with Crippen molar-refractivity contribution in [3.8, 4) is 0 Å². The Morgan fingerprint density at radius 2 is 2.12 bits per heavy atom. The standard InChI is InChI=1S/C14H22N2/c1-11-3-4-13(9-11)14(15-2)10-12-5-7-16-8-6-12/h5-8,11,13-15H,3-4,9-10H2,1-2H3. The highest BCUT2D eigenvalue weighted by molar-refractivity contribution is 5.12. The molecule has 2 heteroatoms. The summed E-state index contributed by atoms with van der Waals surface area (Å²) in [4.78, 5) is 4.07. The van der Waals surface area contributed by atoms with Gasteiger partial charge in [-0.05, 0) is 55.8 Å². The molecular formula is C14H22N2. The number of aromatic nitrogens is 1. The first-order valence-electron chi connectivity index (χ1n) is 6.35. The van der Waals surface area contributed by atoms with Crippen LogP contribution in [0, 0.1) is 11.8 Å². The van der Waals surface area contributed by atoms with Gasteiger partial charge in [-0.2, -0.15) is 0 Å². The van der Waals surface area contributed by atoms with Crippen molar-refractivity contribution in [2.75, 3.05) is 7.05 Å². The van der Waals surface area contributed by atoms with Crippen molar-refractivity contribution in [2.45, 2.75) is 38.6 Å². The van der Waals surface area contributed by atoms with Crippen molar-refractivity contribution in [3.63, 3.8) is 0 Å². The first kappa shape index (κ1) is 11.6. The molecule has 1 aliphatic carbocycles. The number of hydrogen-bond donors (Lipinski definition) is 1. The summed E-state index contributed by atoms with van der Waals surface area (Å²) in [6, 6.07) is 4.89. The predicted octanol–water partition coefficient (Wildman–Crippen LogP) is 2.65. The Hall–Kier alpha value is -0.890. The summed E-state index contributed by atoms with van der Waals surface area (Å²) in [6.45, 7) is 2.37. The fourth-order valence-corrected chi connectivity index (χ4v) is 2.89. The molecule has 1 heterocycles. The molecule has 2 rings (SSSR count). The quantitative estimate of drug-likeness (QED) is 0.840. The average Bonchev–Trinajstić information content (AvgIpc) is 2.74. The molecule has 1 saturated carbocycles. The Morgan fingerprint density at radius 3 is 2.69 bits per heavy atom. The molecule has 0 aliphatic heterocycles. The second kappa shape index (κ2) is 5.44. The normalized spacial score (nSPS) is 26.9. The number of nitrogens with zero attached hydrogens (tertiary/aromatic N) is 1. The van der Waals surface area contributed by atoms with Crippen molar-refractivity contribution in [1.29, 1.82) is 0 Å². The summed E-state index contributed by atoms with van der Waals surface area (Å²) in [7, 11) is 2.09. The lowest BCUT2D eigenvalue weighted by molar-refractivity contribution is 0.367. The van der Waals surface area contributed by atoms with Crippen LogP contribution in [0.25, 0.3) is 0 Å². The van der Waals surface area contributed by atoms with Gasteiger partial charge in [-0.25, -0.2) is 0 Å². The second-order valence-electron chi connectivity index (χ2n) is 5.13. The lowest BCUT2D eigenvalue weighted by Gasteiger charge is -2.23.